The highest BCUT2D eigenvalue weighted by Gasteiger charge is 2.14. The maximum Gasteiger partial charge on any atom is 0.270 e. The lowest BCUT2D eigenvalue weighted by atomic mass is 10.0. The summed E-state index contributed by atoms with van der Waals surface area (Å²) in [6.45, 7) is 0.155. The maximum absolute atomic E-state index is 13.1. The molecular weight excluding hydrogens is 423 g/mol. The molecule has 0 aromatic heterocycles. The van der Waals surface area contributed by atoms with E-state index < -0.39 is 4.92 Å². The van der Waals surface area contributed by atoms with Crippen LogP contribution in [0.15, 0.2) is 60.7 Å². The predicted molar refractivity (Wildman–Crippen MR) is 115 cm³/mol. The van der Waals surface area contributed by atoms with Crippen LogP contribution in [0.2, 0.25) is 5.02 Å². The summed E-state index contributed by atoms with van der Waals surface area (Å²) in [4.78, 5) is 10.5. The SMILES string of the molecule is COc1cc(/C=C(/C#N)c2cccc([N+](=O)[O-])c2)cc(Cl)c1OCc1ccc(F)cc1. The summed E-state index contributed by atoms with van der Waals surface area (Å²) in [5.41, 5.74) is 1.82. The van der Waals surface area contributed by atoms with Crippen LogP contribution in [0.3, 0.4) is 0 Å². The minimum absolute atomic E-state index is 0.112. The summed E-state index contributed by atoms with van der Waals surface area (Å²) >= 11 is 6.38. The molecule has 0 aliphatic carbocycles. The number of nitro groups is 1. The van der Waals surface area contributed by atoms with Gasteiger partial charge >= 0.3 is 0 Å². The fourth-order valence-corrected chi connectivity index (χ4v) is 3.11. The Morgan fingerprint density at radius 3 is 2.61 bits per heavy atom. The Morgan fingerprint density at radius 1 is 1.23 bits per heavy atom. The molecular formula is C23H16ClFN2O4. The van der Waals surface area contributed by atoms with E-state index in [1.54, 1.807) is 36.4 Å². The first-order chi connectivity index (χ1) is 14.9. The molecule has 0 N–H and O–H groups in total. The first-order valence-electron chi connectivity index (χ1n) is 9.02. The van der Waals surface area contributed by atoms with Crippen LogP contribution in [0.4, 0.5) is 10.1 Å². The molecule has 156 valence electrons. The lowest BCUT2D eigenvalue weighted by molar-refractivity contribution is -0.384. The molecule has 8 heteroatoms. The van der Waals surface area contributed by atoms with Crippen LogP contribution in [-0.4, -0.2) is 12.0 Å². The third-order valence-corrected chi connectivity index (χ3v) is 4.63. The van der Waals surface area contributed by atoms with Gasteiger partial charge < -0.3 is 9.47 Å². The van der Waals surface area contributed by atoms with Crippen molar-refractivity contribution in [3.8, 4) is 17.6 Å². The van der Waals surface area contributed by atoms with Gasteiger partial charge in [0.15, 0.2) is 11.5 Å². The molecule has 6 nitrogen and oxygen atoms in total. The Morgan fingerprint density at radius 2 is 1.97 bits per heavy atom. The minimum Gasteiger partial charge on any atom is -0.493 e. The molecule has 0 heterocycles. The molecule has 0 aliphatic heterocycles. The molecule has 3 rings (SSSR count). The van der Waals surface area contributed by atoms with Crippen molar-refractivity contribution in [2.45, 2.75) is 6.61 Å². The van der Waals surface area contributed by atoms with Gasteiger partial charge in [0.25, 0.3) is 5.69 Å². The molecule has 3 aromatic rings. The highest BCUT2D eigenvalue weighted by atomic mass is 35.5. The number of halogens is 2. The smallest absolute Gasteiger partial charge is 0.270 e. The third kappa shape index (κ3) is 5.38. The second-order valence-corrected chi connectivity index (χ2v) is 6.83. The van der Waals surface area contributed by atoms with E-state index >= 15 is 0 Å². The van der Waals surface area contributed by atoms with Crippen LogP contribution in [0, 0.1) is 27.3 Å². The summed E-state index contributed by atoms with van der Waals surface area (Å²) in [5.74, 6) is 0.309. The van der Waals surface area contributed by atoms with Crippen molar-refractivity contribution in [3.63, 3.8) is 0 Å². The third-order valence-electron chi connectivity index (χ3n) is 4.35. The van der Waals surface area contributed by atoms with Crippen molar-refractivity contribution < 1.29 is 18.8 Å². The topological polar surface area (TPSA) is 85.4 Å². The monoisotopic (exact) mass is 438 g/mol. The Hall–Kier alpha value is -3.89. The molecule has 0 saturated heterocycles. The highest BCUT2D eigenvalue weighted by Crippen LogP contribution is 2.38. The largest absolute Gasteiger partial charge is 0.493 e. The van der Waals surface area contributed by atoms with E-state index in [-0.39, 0.29) is 28.7 Å². The minimum atomic E-state index is -0.522. The van der Waals surface area contributed by atoms with Crippen molar-refractivity contribution in [3.05, 3.63) is 98.3 Å². The highest BCUT2D eigenvalue weighted by molar-refractivity contribution is 6.32. The molecule has 3 aromatic carbocycles. The zero-order valence-corrected chi connectivity index (χ0v) is 17.1. The van der Waals surface area contributed by atoms with E-state index in [4.69, 9.17) is 21.1 Å². The normalized spacial score (nSPS) is 11.0. The maximum atomic E-state index is 13.1. The molecule has 31 heavy (non-hydrogen) atoms. The van der Waals surface area contributed by atoms with Gasteiger partial charge in [-0.05, 0) is 47.0 Å². The van der Waals surface area contributed by atoms with Crippen LogP contribution in [0.5, 0.6) is 11.5 Å². The summed E-state index contributed by atoms with van der Waals surface area (Å²) in [7, 11) is 1.45. The molecule has 0 radical (unpaired) electrons. The van der Waals surface area contributed by atoms with Gasteiger partial charge in [0.05, 0.1) is 28.7 Å². The number of benzene rings is 3. The quantitative estimate of drug-likeness (QED) is 0.194. The van der Waals surface area contributed by atoms with Crippen LogP contribution in [0.1, 0.15) is 16.7 Å². The van der Waals surface area contributed by atoms with Gasteiger partial charge in [-0.3, -0.25) is 10.1 Å². The fraction of sp³-hybridized carbons (Fsp3) is 0.0870. The number of allylic oxidation sites excluding steroid dienone is 1. The molecule has 0 bridgehead atoms. The van der Waals surface area contributed by atoms with Crippen molar-refractivity contribution >= 4 is 28.9 Å². The van der Waals surface area contributed by atoms with Crippen molar-refractivity contribution in [1.82, 2.24) is 0 Å². The summed E-state index contributed by atoms with van der Waals surface area (Å²) < 4.78 is 24.2. The Labute approximate surface area is 182 Å². The van der Waals surface area contributed by atoms with E-state index in [0.29, 0.717) is 22.6 Å². The van der Waals surface area contributed by atoms with Crippen LogP contribution >= 0.6 is 11.6 Å². The number of rotatable bonds is 7. The molecule has 0 fully saturated rings. The molecule has 0 spiro atoms. The summed E-state index contributed by atoms with van der Waals surface area (Å²) in [5, 5.41) is 20.8. The van der Waals surface area contributed by atoms with E-state index in [2.05, 4.69) is 0 Å². The Kier molecular flexibility index (Phi) is 6.85. The van der Waals surface area contributed by atoms with Crippen molar-refractivity contribution in [2.75, 3.05) is 7.11 Å². The number of methoxy groups -OCH3 is 1. The standard InChI is InChI=1S/C23H16ClFN2O4/c1-30-22-11-16(9-18(13-26)17-3-2-4-20(12-17)27(28)29)10-21(24)23(22)31-14-15-5-7-19(25)8-6-15/h2-12H,14H2,1H3/b18-9-. The van der Waals surface area contributed by atoms with Gasteiger partial charge in [-0.2, -0.15) is 5.26 Å². The number of ether oxygens (including phenoxy) is 2. The second kappa shape index (κ2) is 9.74. The number of hydrogen-bond acceptors (Lipinski definition) is 5. The zero-order valence-electron chi connectivity index (χ0n) is 16.3. The summed E-state index contributed by atoms with van der Waals surface area (Å²) in [6.07, 6.45) is 1.55. The Bertz CT molecular complexity index is 1190. The van der Waals surface area contributed by atoms with Crippen molar-refractivity contribution in [1.29, 1.82) is 5.26 Å². The van der Waals surface area contributed by atoms with Gasteiger partial charge in [0.2, 0.25) is 0 Å². The molecule has 0 saturated carbocycles. The molecule has 0 aliphatic rings. The molecule has 0 amide bonds. The van der Waals surface area contributed by atoms with E-state index in [9.17, 15) is 19.8 Å². The number of non-ortho nitro benzene ring substituents is 1. The summed E-state index contributed by atoms with van der Waals surface area (Å²) in [6, 6.07) is 17.0. The van der Waals surface area contributed by atoms with Crippen molar-refractivity contribution in [2.24, 2.45) is 0 Å². The zero-order chi connectivity index (χ0) is 22.4. The Balaban J connectivity index is 1.90. The second-order valence-electron chi connectivity index (χ2n) is 6.43. The number of nitro benzene ring substituents is 1. The number of hydrogen-bond donors (Lipinski definition) is 0. The first-order valence-corrected chi connectivity index (χ1v) is 9.40. The van der Waals surface area contributed by atoms with Gasteiger partial charge in [0.1, 0.15) is 12.4 Å². The average molecular weight is 439 g/mol. The van der Waals surface area contributed by atoms with E-state index in [1.807, 2.05) is 6.07 Å². The van der Waals surface area contributed by atoms with Gasteiger partial charge in [-0.25, -0.2) is 4.39 Å². The number of nitriles is 1. The van der Waals surface area contributed by atoms with Crippen LogP contribution < -0.4 is 9.47 Å². The lowest BCUT2D eigenvalue weighted by Crippen LogP contribution is -1.99. The van der Waals surface area contributed by atoms with E-state index in [1.165, 1.54) is 37.4 Å². The van der Waals surface area contributed by atoms with Gasteiger partial charge in [-0.1, -0.05) is 35.9 Å². The van der Waals surface area contributed by atoms with Gasteiger partial charge in [0, 0.05) is 12.1 Å². The van der Waals surface area contributed by atoms with Crippen LogP contribution in [-0.2, 0) is 6.61 Å². The first kappa shape index (κ1) is 21.8. The molecule has 0 atom stereocenters. The van der Waals surface area contributed by atoms with Gasteiger partial charge in [-0.15, -0.1) is 0 Å². The van der Waals surface area contributed by atoms with Crippen LogP contribution in [0.25, 0.3) is 11.6 Å². The molecule has 0 unspecified atom stereocenters. The lowest BCUT2D eigenvalue weighted by Gasteiger charge is -2.13. The fourth-order valence-electron chi connectivity index (χ4n) is 2.83. The average Bonchev–Trinajstić information content (AvgIpc) is 2.77. The van der Waals surface area contributed by atoms with E-state index in [0.717, 1.165) is 5.56 Å². The number of nitrogens with zero attached hydrogens (tertiary/aromatic N) is 2. The predicted octanol–water partition coefficient (Wildman–Crippen LogP) is 6.04.